The smallest absolute Gasteiger partial charge is 0.252 e. The summed E-state index contributed by atoms with van der Waals surface area (Å²) in [5.41, 5.74) is 5.04. The summed E-state index contributed by atoms with van der Waals surface area (Å²) in [6.07, 6.45) is 3.64. The van der Waals surface area contributed by atoms with Crippen molar-refractivity contribution in [2.24, 2.45) is 0 Å². The molecule has 0 radical (unpaired) electrons. The van der Waals surface area contributed by atoms with Gasteiger partial charge in [-0.05, 0) is 49.1 Å². The number of para-hydroxylation sites is 1. The Balaban J connectivity index is 1.64. The number of halogens is 1. The van der Waals surface area contributed by atoms with Crippen LogP contribution in [-0.4, -0.2) is 17.4 Å². The van der Waals surface area contributed by atoms with Gasteiger partial charge in [0.15, 0.2) is 0 Å². The second kappa shape index (κ2) is 8.45. The van der Waals surface area contributed by atoms with Gasteiger partial charge in [0.2, 0.25) is 0 Å². The Morgan fingerprint density at radius 2 is 1.78 bits per heavy atom. The summed E-state index contributed by atoms with van der Waals surface area (Å²) < 4.78 is 13.6. The van der Waals surface area contributed by atoms with E-state index in [0.29, 0.717) is 24.1 Å². The molecule has 27 heavy (non-hydrogen) atoms. The van der Waals surface area contributed by atoms with E-state index in [1.54, 1.807) is 30.5 Å². The van der Waals surface area contributed by atoms with E-state index in [9.17, 15) is 9.18 Å². The maximum Gasteiger partial charge on any atom is 0.252 e. The van der Waals surface area contributed by atoms with Crippen LogP contribution < -0.4 is 10.6 Å². The van der Waals surface area contributed by atoms with E-state index in [4.69, 9.17) is 0 Å². The second-order valence-electron chi connectivity index (χ2n) is 6.45. The second-order valence-corrected chi connectivity index (χ2v) is 6.45. The number of benzene rings is 2. The van der Waals surface area contributed by atoms with Crippen molar-refractivity contribution in [3.8, 4) is 0 Å². The summed E-state index contributed by atoms with van der Waals surface area (Å²) in [5.74, 6) is -0.489. The molecule has 3 rings (SSSR count). The Labute approximate surface area is 158 Å². The van der Waals surface area contributed by atoms with Crippen molar-refractivity contribution in [1.29, 1.82) is 0 Å². The molecule has 1 heterocycles. The zero-order valence-electron chi connectivity index (χ0n) is 15.4. The maximum atomic E-state index is 13.6. The zero-order valence-corrected chi connectivity index (χ0v) is 15.4. The van der Waals surface area contributed by atoms with E-state index in [1.807, 2.05) is 32.0 Å². The molecule has 138 valence electrons. The Kier molecular flexibility index (Phi) is 5.81. The van der Waals surface area contributed by atoms with Crippen LogP contribution in [0.1, 0.15) is 27.0 Å². The molecule has 0 atom stereocenters. The summed E-state index contributed by atoms with van der Waals surface area (Å²) in [4.78, 5) is 16.5. The van der Waals surface area contributed by atoms with Gasteiger partial charge in [-0.1, -0.05) is 36.4 Å². The van der Waals surface area contributed by atoms with Gasteiger partial charge in [0.25, 0.3) is 5.91 Å². The molecule has 4 nitrogen and oxygen atoms in total. The number of aryl methyl sites for hydroxylation is 2. The third-order valence-corrected chi connectivity index (χ3v) is 4.39. The molecule has 0 bridgehead atoms. The predicted molar refractivity (Wildman–Crippen MR) is 106 cm³/mol. The minimum Gasteiger partial charge on any atom is -0.354 e. The number of hydrogen-bond acceptors (Lipinski definition) is 3. The first-order chi connectivity index (χ1) is 13.0. The fourth-order valence-corrected chi connectivity index (χ4v) is 2.90. The largest absolute Gasteiger partial charge is 0.354 e. The number of nitrogens with zero attached hydrogens (tertiary/aromatic N) is 1. The average Bonchev–Trinajstić information content (AvgIpc) is 2.66. The Morgan fingerprint density at radius 1 is 1.04 bits per heavy atom. The number of aromatic nitrogens is 1. The number of carbonyl (C=O) groups excluding carboxylic acids is 1. The SMILES string of the molecule is Cc1cccc(C)c1Nc1cncc(C(=O)NCCc2ccccc2F)c1. The number of amides is 1. The fraction of sp³-hybridized carbons (Fsp3) is 0.182. The molecule has 5 heteroatoms. The molecule has 0 spiro atoms. The van der Waals surface area contributed by atoms with Crippen molar-refractivity contribution in [2.75, 3.05) is 11.9 Å². The highest BCUT2D eigenvalue weighted by Crippen LogP contribution is 2.24. The van der Waals surface area contributed by atoms with Crippen molar-refractivity contribution in [2.45, 2.75) is 20.3 Å². The zero-order chi connectivity index (χ0) is 19.2. The summed E-state index contributed by atoms with van der Waals surface area (Å²) >= 11 is 0. The van der Waals surface area contributed by atoms with Crippen molar-refractivity contribution in [1.82, 2.24) is 10.3 Å². The molecule has 0 saturated heterocycles. The van der Waals surface area contributed by atoms with E-state index in [1.165, 1.54) is 12.3 Å². The number of nitrogens with one attached hydrogen (secondary N) is 2. The summed E-state index contributed by atoms with van der Waals surface area (Å²) in [6, 6.07) is 14.4. The lowest BCUT2D eigenvalue weighted by Crippen LogP contribution is -2.26. The average molecular weight is 363 g/mol. The van der Waals surface area contributed by atoms with E-state index < -0.39 is 0 Å². The molecule has 3 aromatic rings. The Bertz CT molecular complexity index is 936. The van der Waals surface area contributed by atoms with Crippen molar-refractivity contribution in [3.63, 3.8) is 0 Å². The number of hydrogen-bond donors (Lipinski definition) is 2. The molecule has 1 aromatic heterocycles. The van der Waals surface area contributed by atoms with E-state index in [2.05, 4.69) is 15.6 Å². The van der Waals surface area contributed by atoms with Gasteiger partial charge < -0.3 is 10.6 Å². The van der Waals surface area contributed by atoms with Gasteiger partial charge in [-0.2, -0.15) is 0 Å². The quantitative estimate of drug-likeness (QED) is 0.675. The fourth-order valence-electron chi connectivity index (χ4n) is 2.90. The van der Waals surface area contributed by atoms with Crippen LogP contribution in [0.25, 0.3) is 0 Å². The van der Waals surface area contributed by atoms with Gasteiger partial charge in [0.1, 0.15) is 5.82 Å². The lowest BCUT2D eigenvalue weighted by molar-refractivity contribution is 0.0953. The summed E-state index contributed by atoms with van der Waals surface area (Å²) in [6.45, 7) is 4.42. The molecule has 0 aliphatic heterocycles. The van der Waals surface area contributed by atoms with Gasteiger partial charge in [0.05, 0.1) is 17.4 Å². The lowest BCUT2D eigenvalue weighted by atomic mass is 10.1. The maximum absolute atomic E-state index is 13.6. The summed E-state index contributed by atoms with van der Waals surface area (Å²) in [5, 5.41) is 6.15. The van der Waals surface area contributed by atoms with Crippen LogP contribution in [-0.2, 0) is 6.42 Å². The molecule has 0 unspecified atom stereocenters. The molecular formula is C22H22FN3O. The Hall–Kier alpha value is -3.21. The first kappa shape index (κ1) is 18.6. The summed E-state index contributed by atoms with van der Waals surface area (Å²) in [7, 11) is 0. The highest BCUT2D eigenvalue weighted by atomic mass is 19.1. The standard InChI is InChI=1S/C22H22FN3O/c1-15-6-5-7-16(2)21(15)26-19-12-18(13-24-14-19)22(27)25-11-10-17-8-3-4-9-20(17)23/h3-9,12-14,26H,10-11H2,1-2H3,(H,25,27). The van der Waals surface area contributed by atoms with Crippen LogP contribution >= 0.6 is 0 Å². The molecular weight excluding hydrogens is 341 g/mol. The molecule has 1 amide bonds. The molecule has 2 aromatic carbocycles. The minimum atomic E-state index is -0.256. The van der Waals surface area contributed by atoms with Crippen molar-refractivity contribution >= 4 is 17.3 Å². The number of carbonyl (C=O) groups is 1. The van der Waals surface area contributed by atoms with Gasteiger partial charge in [-0.25, -0.2) is 4.39 Å². The highest BCUT2D eigenvalue weighted by molar-refractivity contribution is 5.94. The van der Waals surface area contributed by atoms with Gasteiger partial charge in [-0.3, -0.25) is 9.78 Å². The molecule has 0 saturated carbocycles. The van der Waals surface area contributed by atoms with Crippen LogP contribution in [0, 0.1) is 19.7 Å². The van der Waals surface area contributed by atoms with Crippen LogP contribution in [0.15, 0.2) is 60.9 Å². The number of rotatable bonds is 6. The van der Waals surface area contributed by atoms with Crippen molar-refractivity contribution < 1.29 is 9.18 Å². The van der Waals surface area contributed by atoms with Crippen LogP contribution in [0.2, 0.25) is 0 Å². The van der Waals surface area contributed by atoms with Crippen LogP contribution in [0.3, 0.4) is 0 Å². The van der Waals surface area contributed by atoms with Gasteiger partial charge in [-0.15, -0.1) is 0 Å². The predicted octanol–water partition coefficient (Wildman–Crippen LogP) is 4.55. The number of anilines is 2. The van der Waals surface area contributed by atoms with E-state index in [-0.39, 0.29) is 11.7 Å². The molecule has 0 fully saturated rings. The molecule has 0 aliphatic rings. The first-order valence-electron chi connectivity index (χ1n) is 8.84. The van der Waals surface area contributed by atoms with Gasteiger partial charge in [0, 0.05) is 18.4 Å². The van der Waals surface area contributed by atoms with Crippen molar-refractivity contribution in [3.05, 3.63) is 89.0 Å². The third-order valence-electron chi connectivity index (χ3n) is 4.39. The van der Waals surface area contributed by atoms with Crippen LogP contribution in [0.5, 0.6) is 0 Å². The third kappa shape index (κ3) is 4.70. The normalized spacial score (nSPS) is 10.5. The Morgan fingerprint density at radius 3 is 2.52 bits per heavy atom. The minimum absolute atomic E-state index is 0.232. The van der Waals surface area contributed by atoms with E-state index in [0.717, 1.165) is 22.5 Å². The number of pyridine rings is 1. The highest BCUT2D eigenvalue weighted by Gasteiger charge is 2.09. The van der Waals surface area contributed by atoms with E-state index >= 15 is 0 Å². The molecule has 0 aliphatic carbocycles. The lowest BCUT2D eigenvalue weighted by Gasteiger charge is -2.13. The molecule has 2 N–H and O–H groups in total. The topological polar surface area (TPSA) is 54.0 Å². The monoisotopic (exact) mass is 363 g/mol. The van der Waals surface area contributed by atoms with Gasteiger partial charge >= 0.3 is 0 Å². The first-order valence-corrected chi connectivity index (χ1v) is 8.84. The van der Waals surface area contributed by atoms with Crippen LogP contribution in [0.4, 0.5) is 15.8 Å².